The van der Waals surface area contributed by atoms with Gasteiger partial charge in [0.25, 0.3) is 5.56 Å². The third-order valence-corrected chi connectivity index (χ3v) is 2.75. The number of aliphatic carboxylic acids is 1. The molecule has 0 aliphatic heterocycles. The minimum atomic E-state index is -1.11. The smallest absolute Gasteiger partial charge is 0.325 e. The van der Waals surface area contributed by atoms with Gasteiger partial charge >= 0.3 is 5.97 Å². The Morgan fingerprint density at radius 2 is 2.28 bits per heavy atom. The Labute approximate surface area is 99.9 Å². The van der Waals surface area contributed by atoms with E-state index in [1.54, 1.807) is 23.5 Å². The Bertz CT molecular complexity index is 824. The summed E-state index contributed by atoms with van der Waals surface area (Å²) in [5.74, 6) is -0.578. The van der Waals surface area contributed by atoms with Crippen molar-refractivity contribution >= 4 is 22.6 Å². The molecule has 0 aromatic carbocycles. The average molecular weight is 247 g/mol. The summed E-state index contributed by atoms with van der Waals surface area (Å²) in [5, 5.41) is 12.7. The maximum atomic E-state index is 12.1. The normalized spacial score (nSPS) is 11.4. The molecule has 7 nitrogen and oxygen atoms in total. The fraction of sp³-hybridized carbons (Fsp3) is 0.182. The first-order valence-corrected chi connectivity index (χ1v) is 5.26. The molecule has 0 bridgehead atoms. The van der Waals surface area contributed by atoms with E-state index in [-0.39, 0.29) is 0 Å². The third-order valence-electron chi connectivity index (χ3n) is 2.75. The van der Waals surface area contributed by atoms with Gasteiger partial charge in [-0.3, -0.25) is 14.0 Å². The zero-order valence-corrected chi connectivity index (χ0v) is 9.45. The molecule has 0 saturated heterocycles. The molecule has 0 radical (unpaired) electrons. The Morgan fingerprint density at radius 1 is 1.50 bits per heavy atom. The quantitative estimate of drug-likeness (QED) is 0.717. The summed E-state index contributed by atoms with van der Waals surface area (Å²) in [6.07, 6.45) is 1.53. The summed E-state index contributed by atoms with van der Waals surface area (Å²) in [6, 6.07) is 3.32. The van der Waals surface area contributed by atoms with Gasteiger partial charge in [-0.2, -0.15) is 5.10 Å². The number of fused-ring (bicyclic) bond motifs is 3. The highest BCUT2D eigenvalue weighted by Crippen LogP contribution is 2.19. The topological polar surface area (TPSA) is 89.7 Å². The number of hydrogen-bond acceptors (Lipinski definition) is 4. The van der Waals surface area contributed by atoms with Crippen molar-refractivity contribution in [1.82, 2.24) is 14.2 Å². The van der Waals surface area contributed by atoms with Crippen LogP contribution in [-0.2, 0) is 11.3 Å². The van der Waals surface area contributed by atoms with Crippen molar-refractivity contribution in [2.24, 2.45) is 0 Å². The van der Waals surface area contributed by atoms with Crippen LogP contribution in [0.1, 0.15) is 5.82 Å². The van der Waals surface area contributed by atoms with Gasteiger partial charge in [-0.05, 0) is 6.92 Å². The summed E-state index contributed by atoms with van der Waals surface area (Å²) < 4.78 is 7.81. The number of aromatic nitrogens is 3. The van der Waals surface area contributed by atoms with E-state index in [1.165, 1.54) is 6.26 Å². The van der Waals surface area contributed by atoms with Crippen molar-refractivity contribution < 1.29 is 14.3 Å². The highest BCUT2D eigenvalue weighted by atomic mass is 16.4. The zero-order valence-electron chi connectivity index (χ0n) is 9.45. The van der Waals surface area contributed by atoms with Gasteiger partial charge in [-0.15, -0.1) is 0 Å². The van der Waals surface area contributed by atoms with Gasteiger partial charge in [0, 0.05) is 12.1 Å². The number of carboxylic acid groups (broad SMARTS) is 1. The van der Waals surface area contributed by atoms with Crippen molar-refractivity contribution in [3.05, 3.63) is 34.6 Å². The van der Waals surface area contributed by atoms with Crippen LogP contribution in [0.3, 0.4) is 0 Å². The molecule has 3 aromatic heterocycles. The SMILES string of the molecule is Cc1nn(CC(=O)O)c(=O)c2cc3occc3n12. The van der Waals surface area contributed by atoms with Crippen LogP contribution in [0.4, 0.5) is 0 Å². The van der Waals surface area contributed by atoms with Crippen molar-refractivity contribution in [2.45, 2.75) is 13.5 Å². The summed E-state index contributed by atoms with van der Waals surface area (Å²) in [5.41, 5.74) is 1.23. The maximum absolute atomic E-state index is 12.1. The van der Waals surface area contributed by atoms with E-state index in [9.17, 15) is 9.59 Å². The molecule has 0 spiro atoms. The van der Waals surface area contributed by atoms with Gasteiger partial charge < -0.3 is 9.52 Å². The number of hydrogen-bond donors (Lipinski definition) is 1. The Hall–Kier alpha value is -2.57. The summed E-state index contributed by atoms with van der Waals surface area (Å²) >= 11 is 0. The van der Waals surface area contributed by atoms with E-state index in [4.69, 9.17) is 9.52 Å². The van der Waals surface area contributed by atoms with Crippen LogP contribution in [0.5, 0.6) is 0 Å². The molecule has 0 atom stereocenters. The van der Waals surface area contributed by atoms with Gasteiger partial charge in [0.1, 0.15) is 17.9 Å². The number of nitrogens with zero attached hydrogens (tertiary/aromatic N) is 3. The minimum Gasteiger partial charge on any atom is -0.480 e. The molecule has 3 aromatic rings. The lowest BCUT2D eigenvalue weighted by molar-refractivity contribution is -0.138. The second-order valence-electron chi connectivity index (χ2n) is 3.94. The van der Waals surface area contributed by atoms with E-state index in [0.29, 0.717) is 16.9 Å². The van der Waals surface area contributed by atoms with Crippen LogP contribution >= 0.6 is 0 Å². The molecule has 3 heterocycles. The summed E-state index contributed by atoms with van der Waals surface area (Å²) in [6.45, 7) is 1.25. The van der Waals surface area contributed by atoms with Crippen molar-refractivity contribution in [3.8, 4) is 0 Å². The molecule has 0 fully saturated rings. The van der Waals surface area contributed by atoms with Gasteiger partial charge in [-0.25, -0.2) is 4.68 Å². The molecule has 0 unspecified atom stereocenters. The standard InChI is InChI=1S/C11H9N3O4/c1-6-12-13(5-10(15)16)11(17)8-4-9-7(14(6)8)2-3-18-9/h2-4H,5H2,1H3,(H,15,16). The van der Waals surface area contributed by atoms with Crippen LogP contribution in [-0.4, -0.2) is 25.3 Å². The fourth-order valence-corrected chi connectivity index (χ4v) is 2.06. The first kappa shape index (κ1) is 10.6. The molecule has 0 saturated carbocycles. The number of furan rings is 1. The van der Waals surface area contributed by atoms with Crippen LogP contribution < -0.4 is 5.56 Å². The largest absolute Gasteiger partial charge is 0.480 e. The van der Waals surface area contributed by atoms with Crippen molar-refractivity contribution in [3.63, 3.8) is 0 Å². The zero-order chi connectivity index (χ0) is 12.9. The third kappa shape index (κ3) is 1.33. The lowest BCUT2D eigenvalue weighted by atomic mass is 10.5. The average Bonchev–Trinajstić information content (AvgIpc) is 2.83. The van der Waals surface area contributed by atoms with E-state index in [0.717, 1.165) is 10.2 Å². The Kier molecular flexibility index (Phi) is 2.03. The van der Waals surface area contributed by atoms with Crippen molar-refractivity contribution in [2.75, 3.05) is 0 Å². The van der Waals surface area contributed by atoms with Crippen LogP contribution in [0.15, 0.2) is 27.6 Å². The maximum Gasteiger partial charge on any atom is 0.325 e. The molecular weight excluding hydrogens is 238 g/mol. The molecule has 1 N–H and O–H groups in total. The van der Waals surface area contributed by atoms with E-state index < -0.39 is 18.1 Å². The summed E-state index contributed by atoms with van der Waals surface area (Å²) in [4.78, 5) is 22.7. The van der Waals surface area contributed by atoms with Crippen molar-refractivity contribution in [1.29, 1.82) is 0 Å². The lowest BCUT2D eigenvalue weighted by Gasteiger charge is -2.05. The molecule has 0 aliphatic carbocycles. The van der Waals surface area contributed by atoms with Gasteiger partial charge in [0.15, 0.2) is 5.58 Å². The van der Waals surface area contributed by atoms with Gasteiger partial charge in [0.05, 0.1) is 11.8 Å². The van der Waals surface area contributed by atoms with Gasteiger partial charge in [0.2, 0.25) is 0 Å². The molecule has 7 heteroatoms. The molecule has 92 valence electrons. The number of rotatable bonds is 2. The highest BCUT2D eigenvalue weighted by Gasteiger charge is 2.14. The van der Waals surface area contributed by atoms with E-state index in [1.807, 2.05) is 0 Å². The molecule has 0 amide bonds. The molecule has 3 rings (SSSR count). The van der Waals surface area contributed by atoms with E-state index >= 15 is 0 Å². The first-order chi connectivity index (χ1) is 8.58. The summed E-state index contributed by atoms with van der Waals surface area (Å²) in [7, 11) is 0. The molecular formula is C11H9N3O4. The monoisotopic (exact) mass is 247 g/mol. The number of carbonyl (C=O) groups is 1. The lowest BCUT2D eigenvalue weighted by Crippen LogP contribution is -2.29. The fourth-order valence-electron chi connectivity index (χ4n) is 2.06. The number of carboxylic acids is 1. The van der Waals surface area contributed by atoms with E-state index in [2.05, 4.69) is 5.10 Å². The molecule has 0 aliphatic rings. The van der Waals surface area contributed by atoms with Gasteiger partial charge in [-0.1, -0.05) is 0 Å². The Morgan fingerprint density at radius 3 is 3.00 bits per heavy atom. The molecule has 18 heavy (non-hydrogen) atoms. The Balaban J connectivity index is 2.41. The minimum absolute atomic E-state index is 0.359. The van der Waals surface area contributed by atoms with Crippen LogP contribution in [0.2, 0.25) is 0 Å². The first-order valence-electron chi connectivity index (χ1n) is 5.26. The number of aryl methyl sites for hydroxylation is 1. The highest BCUT2D eigenvalue weighted by molar-refractivity contribution is 5.82. The predicted molar refractivity (Wildman–Crippen MR) is 61.6 cm³/mol. The van der Waals surface area contributed by atoms with Crippen LogP contribution in [0.25, 0.3) is 16.6 Å². The van der Waals surface area contributed by atoms with Crippen LogP contribution in [0, 0.1) is 6.92 Å². The second kappa shape index (κ2) is 3.46. The second-order valence-corrected chi connectivity index (χ2v) is 3.94. The predicted octanol–water partition coefficient (Wildman–Crippen LogP) is 0.635.